The standard InChI is InChI=1S/C26H22N2O3S2/c1-31-20-14-12-17(13-15-20)22-21(24(29)27-18-8-4-2-5-9-18)16-32-25-23(22)33-26(30)28(25)19-10-6-3-7-11-19/h2-15,21-22H,16H2,1H3,(H,27,29). The number of rotatable bonds is 5. The van der Waals surface area contributed by atoms with Gasteiger partial charge in [-0.05, 0) is 42.0 Å². The van der Waals surface area contributed by atoms with E-state index in [0.717, 1.165) is 32.6 Å². The zero-order valence-electron chi connectivity index (χ0n) is 17.9. The average Bonchev–Trinajstić information content (AvgIpc) is 3.20. The molecule has 4 aromatic rings. The normalized spacial score (nSPS) is 17.2. The van der Waals surface area contributed by atoms with E-state index in [9.17, 15) is 9.59 Å². The minimum absolute atomic E-state index is 0.0404. The van der Waals surface area contributed by atoms with Gasteiger partial charge >= 0.3 is 4.87 Å². The maximum atomic E-state index is 13.4. The average molecular weight is 475 g/mol. The van der Waals surface area contributed by atoms with Gasteiger partial charge in [-0.3, -0.25) is 14.2 Å². The smallest absolute Gasteiger partial charge is 0.312 e. The summed E-state index contributed by atoms with van der Waals surface area (Å²) in [5, 5.41) is 3.98. The molecule has 1 aliphatic heterocycles. The van der Waals surface area contributed by atoms with Crippen molar-refractivity contribution < 1.29 is 9.53 Å². The minimum Gasteiger partial charge on any atom is -0.497 e. The van der Waals surface area contributed by atoms with Crippen molar-refractivity contribution in [1.29, 1.82) is 0 Å². The van der Waals surface area contributed by atoms with Gasteiger partial charge < -0.3 is 10.1 Å². The number of anilines is 1. The fourth-order valence-electron chi connectivity index (χ4n) is 4.13. The summed E-state index contributed by atoms with van der Waals surface area (Å²) in [7, 11) is 1.63. The van der Waals surface area contributed by atoms with Gasteiger partial charge in [-0.2, -0.15) is 0 Å². The summed E-state index contributed by atoms with van der Waals surface area (Å²) in [6.07, 6.45) is 0. The van der Waals surface area contributed by atoms with Gasteiger partial charge in [0.05, 0.1) is 23.7 Å². The van der Waals surface area contributed by atoms with Crippen molar-refractivity contribution in [1.82, 2.24) is 4.57 Å². The lowest BCUT2D eigenvalue weighted by Gasteiger charge is -2.31. The van der Waals surface area contributed by atoms with Crippen LogP contribution >= 0.6 is 23.1 Å². The lowest BCUT2D eigenvalue weighted by atomic mass is 9.85. The van der Waals surface area contributed by atoms with Crippen molar-refractivity contribution in [2.24, 2.45) is 5.92 Å². The first kappa shape index (κ1) is 21.6. The first-order chi connectivity index (χ1) is 16.2. The van der Waals surface area contributed by atoms with Crippen LogP contribution in [0.2, 0.25) is 0 Å². The number of ether oxygens (including phenoxy) is 1. The van der Waals surface area contributed by atoms with E-state index in [4.69, 9.17) is 4.74 Å². The van der Waals surface area contributed by atoms with Crippen molar-refractivity contribution in [2.75, 3.05) is 18.2 Å². The molecule has 2 atom stereocenters. The van der Waals surface area contributed by atoms with Gasteiger partial charge in [-0.1, -0.05) is 59.9 Å². The van der Waals surface area contributed by atoms with Crippen LogP contribution in [0.3, 0.4) is 0 Å². The first-order valence-electron chi connectivity index (χ1n) is 10.6. The van der Waals surface area contributed by atoms with E-state index in [2.05, 4.69) is 5.32 Å². The van der Waals surface area contributed by atoms with Crippen molar-refractivity contribution >= 4 is 34.7 Å². The number of nitrogens with one attached hydrogen (secondary N) is 1. The van der Waals surface area contributed by atoms with E-state index in [0.29, 0.717) is 5.75 Å². The third-order valence-corrected chi connectivity index (χ3v) is 8.10. The number of carbonyl (C=O) groups excluding carboxylic acids is 1. The Kier molecular flexibility index (Phi) is 6.07. The Hall–Kier alpha value is -3.29. The highest BCUT2D eigenvalue weighted by molar-refractivity contribution is 7.99. The molecular formula is C26H22N2O3S2. The number of aromatic nitrogens is 1. The molecule has 0 bridgehead atoms. The molecule has 1 aliphatic rings. The maximum Gasteiger partial charge on any atom is 0.312 e. The van der Waals surface area contributed by atoms with Crippen molar-refractivity contribution in [2.45, 2.75) is 10.9 Å². The zero-order chi connectivity index (χ0) is 22.8. The van der Waals surface area contributed by atoms with Crippen LogP contribution in [0, 0.1) is 5.92 Å². The minimum atomic E-state index is -0.321. The highest BCUT2D eigenvalue weighted by Crippen LogP contribution is 2.47. The van der Waals surface area contributed by atoms with Crippen molar-refractivity contribution in [3.8, 4) is 11.4 Å². The molecule has 2 unspecified atom stereocenters. The number of nitrogens with zero attached hydrogens (tertiary/aromatic N) is 1. The Morgan fingerprint density at radius 1 is 0.970 bits per heavy atom. The molecule has 0 saturated heterocycles. The van der Waals surface area contributed by atoms with Crippen LogP contribution in [-0.4, -0.2) is 23.3 Å². The van der Waals surface area contributed by atoms with Gasteiger partial charge in [0.2, 0.25) is 5.91 Å². The summed E-state index contributed by atoms with van der Waals surface area (Å²) < 4.78 is 7.10. The number of benzene rings is 3. The number of para-hydroxylation sites is 2. The Morgan fingerprint density at radius 2 is 1.64 bits per heavy atom. The predicted octanol–water partition coefficient (Wildman–Crippen LogP) is 5.40. The summed E-state index contributed by atoms with van der Waals surface area (Å²) in [6.45, 7) is 0. The van der Waals surface area contributed by atoms with Crippen LogP contribution in [0.1, 0.15) is 16.4 Å². The van der Waals surface area contributed by atoms with E-state index in [1.54, 1.807) is 23.4 Å². The number of methoxy groups -OCH3 is 1. The number of carbonyl (C=O) groups is 1. The number of hydrogen-bond donors (Lipinski definition) is 1. The molecule has 2 heterocycles. The molecule has 1 amide bonds. The van der Waals surface area contributed by atoms with E-state index in [-0.39, 0.29) is 22.6 Å². The summed E-state index contributed by atoms with van der Waals surface area (Å²) in [5.41, 5.74) is 2.60. The molecule has 0 fully saturated rings. The van der Waals surface area contributed by atoms with Gasteiger partial charge in [-0.15, -0.1) is 11.8 Å². The molecule has 5 nitrogen and oxygen atoms in total. The highest BCUT2D eigenvalue weighted by atomic mass is 32.2. The molecule has 166 valence electrons. The third-order valence-electron chi connectivity index (χ3n) is 5.75. The van der Waals surface area contributed by atoms with Gasteiger partial charge in [0.25, 0.3) is 0 Å². The molecule has 7 heteroatoms. The van der Waals surface area contributed by atoms with Crippen LogP contribution in [-0.2, 0) is 4.79 Å². The largest absolute Gasteiger partial charge is 0.497 e. The first-order valence-corrected chi connectivity index (χ1v) is 12.4. The van der Waals surface area contributed by atoms with Gasteiger partial charge in [0, 0.05) is 22.2 Å². The Morgan fingerprint density at radius 3 is 2.30 bits per heavy atom. The number of amides is 1. The summed E-state index contributed by atoms with van der Waals surface area (Å²) in [6, 6.07) is 26.9. The number of thioether (sulfide) groups is 1. The van der Waals surface area contributed by atoms with Crippen LogP contribution in [0.4, 0.5) is 5.69 Å². The molecule has 0 saturated carbocycles. The molecule has 1 N–H and O–H groups in total. The molecule has 3 aromatic carbocycles. The van der Waals surface area contributed by atoms with Gasteiger partial charge in [0.15, 0.2) is 0 Å². The zero-order valence-corrected chi connectivity index (χ0v) is 19.6. The topological polar surface area (TPSA) is 60.3 Å². The molecule has 0 aliphatic carbocycles. The van der Waals surface area contributed by atoms with E-state index < -0.39 is 0 Å². The van der Waals surface area contributed by atoms with Crippen molar-refractivity contribution in [3.05, 3.63) is 105 Å². The maximum absolute atomic E-state index is 13.4. The number of thiazole rings is 1. The molecule has 33 heavy (non-hydrogen) atoms. The second-order valence-corrected chi connectivity index (χ2v) is 9.73. The Balaban J connectivity index is 1.59. The van der Waals surface area contributed by atoms with E-state index in [1.807, 2.05) is 84.9 Å². The van der Waals surface area contributed by atoms with Gasteiger partial charge in [-0.25, -0.2) is 0 Å². The molecule has 5 rings (SSSR count). The van der Waals surface area contributed by atoms with E-state index >= 15 is 0 Å². The monoisotopic (exact) mass is 474 g/mol. The summed E-state index contributed by atoms with van der Waals surface area (Å²) in [5.74, 6) is 0.736. The Labute approximate surface area is 200 Å². The molecule has 1 aromatic heterocycles. The second kappa shape index (κ2) is 9.29. The van der Waals surface area contributed by atoms with E-state index in [1.165, 1.54) is 11.3 Å². The SMILES string of the molecule is COc1ccc(C2c3sc(=O)n(-c4ccccc4)c3SCC2C(=O)Nc2ccccc2)cc1. The predicted molar refractivity (Wildman–Crippen MR) is 134 cm³/mol. The van der Waals surface area contributed by atoms with Crippen molar-refractivity contribution in [3.63, 3.8) is 0 Å². The molecule has 0 spiro atoms. The third kappa shape index (κ3) is 4.21. The lowest BCUT2D eigenvalue weighted by molar-refractivity contribution is -0.119. The highest BCUT2D eigenvalue weighted by Gasteiger charge is 2.39. The second-order valence-electron chi connectivity index (χ2n) is 7.73. The summed E-state index contributed by atoms with van der Waals surface area (Å²) in [4.78, 5) is 27.4. The quantitative estimate of drug-likeness (QED) is 0.421. The van der Waals surface area contributed by atoms with Gasteiger partial charge in [0.1, 0.15) is 5.75 Å². The number of fused-ring (bicyclic) bond motifs is 1. The molecular weight excluding hydrogens is 452 g/mol. The fourth-order valence-corrected chi connectivity index (χ4v) is 6.84. The summed E-state index contributed by atoms with van der Waals surface area (Å²) >= 11 is 2.80. The number of hydrogen-bond acceptors (Lipinski definition) is 5. The van der Waals surface area contributed by atoms with Crippen LogP contribution in [0.5, 0.6) is 5.75 Å². The van der Waals surface area contributed by atoms with Crippen LogP contribution in [0.15, 0.2) is 94.7 Å². The molecule has 0 radical (unpaired) electrons. The van der Waals surface area contributed by atoms with Crippen LogP contribution in [0.25, 0.3) is 5.69 Å². The Bertz CT molecular complexity index is 1320. The lowest BCUT2D eigenvalue weighted by Crippen LogP contribution is -2.33. The fraction of sp³-hybridized carbons (Fsp3) is 0.154. The van der Waals surface area contributed by atoms with Crippen LogP contribution < -0.4 is 14.9 Å².